The summed E-state index contributed by atoms with van der Waals surface area (Å²) in [5.41, 5.74) is -0.999. The third-order valence-electron chi connectivity index (χ3n) is 2.87. The zero-order valence-corrected chi connectivity index (χ0v) is 7.44. The summed E-state index contributed by atoms with van der Waals surface area (Å²) in [6.45, 7) is 3.00. The van der Waals surface area contributed by atoms with E-state index >= 15 is 0 Å². The summed E-state index contributed by atoms with van der Waals surface area (Å²) in [7, 11) is 0. The van der Waals surface area contributed by atoms with Crippen LogP contribution >= 0.6 is 0 Å². The minimum absolute atomic E-state index is 0.411. The van der Waals surface area contributed by atoms with Gasteiger partial charge in [-0.15, -0.1) is 0 Å². The van der Waals surface area contributed by atoms with E-state index < -0.39 is 11.5 Å². The lowest BCUT2D eigenvalue weighted by Gasteiger charge is -2.37. The molecular formula is C9H15FO2. The molecule has 0 aromatic heterocycles. The SMILES string of the molecule is CC1(F)CCC2(CC1)OCCO2. The molecule has 1 aliphatic carbocycles. The van der Waals surface area contributed by atoms with Gasteiger partial charge in [-0.05, 0) is 19.8 Å². The maximum Gasteiger partial charge on any atom is 0.168 e. The molecule has 2 aliphatic rings. The lowest BCUT2D eigenvalue weighted by Crippen LogP contribution is -2.39. The highest BCUT2D eigenvalue weighted by Gasteiger charge is 2.44. The van der Waals surface area contributed by atoms with E-state index in [0.29, 0.717) is 38.9 Å². The van der Waals surface area contributed by atoms with Gasteiger partial charge in [-0.2, -0.15) is 0 Å². The largest absolute Gasteiger partial charge is 0.348 e. The summed E-state index contributed by atoms with van der Waals surface area (Å²) < 4.78 is 24.4. The molecule has 1 saturated heterocycles. The summed E-state index contributed by atoms with van der Waals surface area (Å²) in [6.07, 6.45) is 2.54. The predicted octanol–water partition coefficient (Wildman–Crippen LogP) is 2.03. The Bertz CT molecular complexity index is 161. The van der Waals surface area contributed by atoms with Crippen LogP contribution in [0.15, 0.2) is 0 Å². The van der Waals surface area contributed by atoms with E-state index in [1.54, 1.807) is 6.92 Å². The molecule has 1 heterocycles. The fourth-order valence-corrected chi connectivity index (χ4v) is 1.94. The van der Waals surface area contributed by atoms with Crippen LogP contribution in [-0.2, 0) is 9.47 Å². The third-order valence-corrected chi connectivity index (χ3v) is 2.87. The van der Waals surface area contributed by atoms with E-state index in [2.05, 4.69) is 0 Å². The van der Waals surface area contributed by atoms with Gasteiger partial charge in [-0.25, -0.2) is 4.39 Å². The van der Waals surface area contributed by atoms with Crippen molar-refractivity contribution in [2.24, 2.45) is 0 Å². The Morgan fingerprint density at radius 1 is 1.00 bits per heavy atom. The Kier molecular flexibility index (Phi) is 1.88. The fourth-order valence-electron chi connectivity index (χ4n) is 1.94. The molecule has 12 heavy (non-hydrogen) atoms. The van der Waals surface area contributed by atoms with Crippen molar-refractivity contribution in [3.05, 3.63) is 0 Å². The van der Waals surface area contributed by atoms with Crippen molar-refractivity contribution in [2.45, 2.75) is 44.1 Å². The van der Waals surface area contributed by atoms with Gasteiger partial charge < -0.3 is 9.47 Å². The number of ether oxygens (including phenoxy) is 2. The Labute approximate surface area is 72.0 Å². The average molecular weight is 174 g/mol. The Balaban J connectivity index is 1.97. The quantitative estimate of drug-likeness (QED) is 0.559. The normalized spacial score (nSPS) is 32.5. The molecule has 0 amide bonds. The lowest BCUT2D eigenvalue weighted by atomic mass is 9.84. The van der Waals surface area contributed by atoms with Gasteiger partial charge in [0.2, 0.25) is 0 Å². The molecule has 3 heteroatoms. The monoisotopic (exact) mass is 174 g/mol. The van der Waals surface area contributed by atoms with Crippen molar-refractivity contribution in [2.75, 3.05) is 13.2 Å². The molecule has 0 aromatic carbocycles. The van der Waals surface area contributed by atoms with Gasteiger partial charge in [0.25, 0.3) is 0 Å². The number of rotatable bonds is 0. The molecule has 0 aromatic rings. The van der Waals surface area contributed by atoms with Crippen LogP contribution in [0.25, 0.3) is 0 Å². The molecule has 0 N–H and O–H groups in total. The summed E-state index contributed by atoms with van der Waals surface area (Å²) in [6, 6.07) is 0. The van der Waals surface area contributed by atoms with Crippen molar-refractivity contribution in [1.29, 1.82) is 0 Å². The standard InChI is InChI=1S/C9H15FO2/c1-8(10)2-4-9(5-3-8)11-6-7-12-9/h2-7H2,1H3. The van der Waals surface area contributed by atoms with Crippen LogP contribution in [-0.4, -0.2) is 24.7 Å². The van der Waals surface area contributed by atoms with Crippen molar-refractivity contribution in [1.82, 2.24) is 0 Å². The molecule has 70 valence electrons. The first-order valence-electron chi connectivity index (χ1n) is 4.59. The van der Waals surface area contributed by atoms with Gasteiger partial charge >= 0.3 is 0 Å². The molecule has 2 rings (SSSR count). The molecule has 1 spiro atoms. The molecule has 1 aliphatic heterocycles. The van der Waals surface area contributed by atoms with Crippen LogP contribution in [0.2, 0.25) is 0 Å². The second-order valence-electron chi connectivity index (χ2n) is 4.02. The van der Waals surface area contributed by atoms with Gasteiger partial charge in [-0.1, -0.05) is 0 Å². The Morgan fingerprint density at radius 3 is 2.00 bits per heavy atom. The third kappa shape index (κ3) is 1.48. The first-order valence-corrected chi connectivity index (χ1v) is 4.59. The van der Waals surface area contributed by atoms with Crippen molar-refractivity contribution < 1.29 is 13.9 Å². The number of hydrogen-bond acceptors (Lipinski definition) is 2. The lowest BCUT2D eigenvalue weighted by molar-refractivity contribution is -0.191. The van der Waals surface area contributed by atoms with Gasteiger partial charge in [0, 0.05) is 12.8 Å². The summed E-state index contributed by atoms with van der Waals surface area (Å²) in [5, 5.41) is 0. The molecule has 0 unspecified atom stereocenters. The Hall–Kier alpha value is -0.150. The first-order chi connectivity index (χ1) is 5.62. The van der Waals surface area contributed by atoms with Crippen LogP contribution in [0, 0.1) is 0 Å². The Morgan fingerprint density at radius 2 is 1.50 bits per heavy atom. The van der Waals surface area contributed by atoms with Crippen LogP contribution in [0.5, 0.6) is 0 Å². The van der Waals surface area contributed by atoms with E-state index in [0.717, 1.165) is 0 Å². The minimum Gasteiger partial charge on any atom is -0.348 e. The second-order valence-corrected chi connectivity index (χ2v) is 4.02. The van der Waals surface area contributed by atoms with Crippen molar-refractivity contribution in [3.63, 3.8) is 0 Å². The fraction of sp³-hybridized carbons (Fsp3) is 1.00. The van der Waals surface area contributed by atoms with E-state index in [4.69, 9.17) is 9.47 Å². The van der Waals surface area contributed by atoms with E-state index in [1.165, 1.54) is 0 Å². The summed E-state index contributed by atoms with van der Waals surface area (Å²) in [4.78, 5) is 0. The predicted molar refractivity (Wildman–Crippen MR) is 42.6 cm³/mol. The van der Waals surface area contributed by atoms with E-state index in [1.807, 2.05) is 0 Å². The zero-order valence-electron chi connectivity index (χ0n) is 7.44. The second kappa shape index (κ2) is 2.67. The topological polar surface area (TPSA) is 18.5 Å². The summed E-state index contributed by atoms with van der Waals surface area (Å²) in [5.74, 6) is -0.411. The molecule has 1 saturated carbocycles. The van der Waals surface area contributed by atoms with Crippen molar-refractivity contribution in [3.8, 4) is 0 Å². The molecule has 0 bridgehead atoms. The van der Waals surface area contributed by atoms with E-state index in [-0.39, 0.29) is 0 Å². The van der Waals surface area contributed by atoms with Crippen LogP contribution in [0.4, 0.5) is 4.39 Å². The van der Waals surface area contributed by atoms with Gasteiger partial charge in [0.15, 0.2) is 5.79 Å². The van der Waals surface area contributed by atoms with Crippen LogP contribution in [0.1, 0.15) is 32.6 Å². The zero-order chi connectivity index (χ0) is 8.66. The average Bonchev–Trinajstić information content (AvgIpc) is 2.46. The van der Waals surface area contributed by atoms with Gasteiger partial charge in [0.05, 0.1) is 13.2 Å². The molecular weight excluding hydrogens is 159 g/mol. The molecule has 0 radical (unpaired) electrons. The van der Waals surface area contributed by atoms with Crippen molar-refractivity contribution >= 4 is 0 Å². The molecule has 0 atom stereocenters. The smallest absolute Gasteiger partial charge is 0.168 e. The molecule has 2 fully saturated rings. The summed E-state index contributed by atoms with van der Waals surface area (Å²) >= 11 is 0. The van der Waals surface area contributed by atoms with Gasteiger partial charge in [0.1, 0.15) is 5.67 Å². The maximum absolute atomic E-state index is 13.4. The highest BCUT2D eigenvalue weighted by molar-refractivity contribution is 4.88. The number of hydrogen-bond donors (Lipinski definition) is 0. The van der Waals surface area contributed by atoms with Gasteiger partial charge in [-0.3, -0.25) is 0 Å². The molecule has 2 nitrogen and oxygen atoms in total. The number of halogens is 1. The highest BCUT2D eigenvalue weighted by Crippen LogP contribution is 2.41. The highest BCUT2D eigenvalue weighted by atomic mass is 19.1. The minimum atomic E-state index is -0.999. The number of alkyl halides is 1. The maximum atomic E-state index is 13.4. The van der Waals surface area contributed by atoms with E-state index in [9.17, 15) is 4.39 Å². The first kappa shape index (κ1) is 8.45. The van der Waals surface area contributed by atoms with Crippen LogP contribution < -0.4 is 0 Å². The van der Waals surface area contributed by atoms with Crippen LogP contribution in [0.3, 0.4) is 0 Å².